The van der Waals surface area contributed by atoms with Crippen LogP contribution in [0.1, 0.15) is 17.7 Å². The summed E-state index contributed by atoms with van der Waals surface area (Å²) in [7, 11) is 2.01. The summed E-state index contributed by atoms with van der Waals surface area (Å²) < 4.78 is 0. The van der Waals surface area contributed by atoms with Gasteiger partial charge in [-0.3, -0.25) is 9.69 Å². The second-order valence-corrected chi connectivity index (χ2v) is 5.12. The van der Waals surface area contributed by atoms with E-state index in [4.69, 9.17) is 5.11 Å². The second kappa shape index (κ2) is 4.33. The van der Waals surface area contributed by atoms with Gasteiger partial charge in [0.2, 0.25) is 0 Å². The molecule has 1 aromatic heterocycles. The summed E-state index contributed by atoms with van der Waals surface area (Å²) in [6.07, 6.45) is 1.84. The van der Waals surface area contributed by atoms with Crippen LogP contribution >= 0.6 is 11.3 Å². The Hall–Kier alpha value is -0.870. The summed E-state index contributed by atoms with van der Waals surface area (Å²) in [6, 6.07) is 4.35. The van der Waals surface area contributed by atoms with Crippen molar-refractivity contribution in [3.8, 4) is 0 Å². The van der Waals surface area contributed by atoms with Crippen LogP contribution in [-0.2, 0) is 11.3 Å². The van der Waals surface area contributed by atoms with Crippen molar-refractivity contribution >= 4 is 17.3 Å². The molecule has 0 amide bonds. The second-order valence-electron chi connectivity index (χ2n) is 4.08. The third kappa shape index (κ3) is 2.21. The molecule has 2 atom stereocenters. The van der Waals surface area contributed by atoms with Crippen LogP contribution in [0.15, 0.2) is 17.5 Å². The van der Waals surface area contributed by atoms with E-state index in [0.717, 1.165) is 19.4 Å². The molecule has 0 bridgehead atoms. The van der Waals surface area contributed by atoms with Gasteiger partial charge >= 0.3 is 5.97 Å². The highest BCUT2D eigenvalue weighted by Crippen LogP contribution is 2.32. The largest absolute Gasteiger partial charge is 0.481 e. The van der Waals surface area contributed by atoms with Crippen LogP contribution in [0.2, 0.25) is 0 Å². The van der Waals surface area contributed by atoms with E-state index in [-0.39, 0.29) is 12.0 Å². The SMILES string of the molecule is CN(Cc1cccs1)C1CCC1C(=O)O. The number of rotatable bonds is 4. The lowest BCUT2D eigenvalue weighted by Crippen LogP contribution is -2.48. The van der Waals surface area contributed by atoms with Crippen LogP contribution in [0, 0.1) is 5.92 Å². The highest BCUT2D eigenvalue weighted by molar-refractivity contribution is 7.09. The number of hydrogen-bond acceptors (Lipinski definition) is 3. The average Bonchev–Trinajstić information content (AvgIpc) is 2.52. The zero-order valence-corrected chi connectivity index (χ0v) is 9.54. The molecule has 1 saturated carbocycles. The summed E-state index contributed by atoms with van der Waals surface area (Å²) in [5, 5.41) is 11.0. The molecule has 1 aliphatic rings. The molecule has 0 spiro atoms. The molecule has 2 unspecified atom stereocenters. The first kappa shape index (κ1) is 10.6. The van der Waals surface area contributed by atoms with Gasteiger partial charge in [0, 0.05) is 17.5 Å². The maximum atomic E-state index is 10.9. The fourth-order valence-electron chi connectivity index (χ4n) is 2.06. The third-order valence-corrected chi connectivity index (χ3v) is 3.97. The standard InChI is InChI=1S/C11H15NO2S/c1-12(7-8-3-2-6-15-8)10-5-4-9(10)11(13)14/h2-3,6,9-10H,4-5,7H2,1H3,(H,13,14). The number of carboxylic acid groups (broad SMARTS) is 1. The molecule has 1 aromatic rings. The first-order valence-corrected chi connectivity index (χ1v) is 6.02. The fraction of sp³-hybridized carbons (Fsp3) is 0.545. The van der Waals surface area contributed by atoms with E-state index in [0.29, 0.717) is 0 Å². The summed E-state index contributed by atoms with van der Waals surface area (Å²) in [5.41, 5.74) is 0. The molecule has 1 N–H and O–H groups in total. The van der Waals surface area contributed by atoms with Gasteiger partial charge in [-0.05, 0) is 31.3 Å². The first-order chi connectivity index (χ1) is 7.18. The molecule has 1 fully saturated rings. The van der Waals surface area contributed by atoms with Crippen molar-refractivity contribution in [2.45, 2.75) is 25.4 Å². The molecule has 0 aromatic carbocycles. The van der Waals surface area contributed by atoms with Gasteiger partial charge in [0.05, 0.1) is 5.92 Å². The van der Waals surface area contributed by atoms with Gasteiger partial charge in [0.1, 0.15) is 0 Å². The molecule has 0 aliphatic heterocycles. The Labute approximate surface area is 93.3 Å². The average molecular weight is 225 g/mol. The van der Waals surface area contributed by atoms with Crippen LogP contribution in [0.25, 0.3) is 0 Å². The monoisotopic (exact) mass is 225 g/mol. The van der Waals surface area contributed by atoms with E-state index in [1.54, 1.807) is 11.3 Å². The normalized spacial score (nSPS) is 25.2. The molecule has 1 heterocycles. The van der Waals surface area contributed by atoms with Crippen LogP contribution in [0.4, 0.5) is 0 Å². The zero-order valence-electron chi connectivity index (χ0n) is 8.72. The summed E-state index contributed by atoms with van der Waals surface area (Å²) in [6.45, 7) is 0.867. The van der Waals surface area contributed by atoms with Crippen molar-refractivity contribution in [3.05, 3.63) is 22.4 Å². The van der Waals surface area contributed by atoms with Gasteiger partial charge in [-0.25, -0.2) is 0 Å². The van der Waals surface area contributed by atoms with E-state index in [2.05, 4.69) is 16.3 Å². The van der Waals surface area contributed by atoms with Crippen LogP contribution in [0.3, 0.4) is 0 Å². The van der Waals surface area contributed by atoms with Gasteiger partial charge in [-0.15, -0.1) is 11.3 Å². The zero-order chi connectivity index (χ0) is 10.8. The summed E-state index contributed by atoms with van der Waals surface area (Å²) in [4.78, 5) is 14.3. The molecule has 2 rings (SSSR count). The predicted molar refractivity (Wildman–Crippen MR) is 59.9 cm³/mol. The van der Waals surface area contributed by atoms with Gasteiger partial charge < -0.3 is 5.11 Å². The maximum absolute atomic E-state index is 10.9. The van der Waals surface area contributed by atoms with E-state index in [1.807, 2.05) is 13.1 Å². The van der Waals surface area contributed by atoms with Gasteiger partial charge in [0.15, 0.2) is 0 Å². The van der Waals surface area contributed by atoms with Crippen molar-refractivity contribution in [2.24, 2.45) is 5.92 Å². The molecule has 3 nitrogen and oxygen atoms in total. The molecule has 15 heavy (non-hydrogen) atoms. The van der Waals surface area contributed by atoms with E-state index in [9.17, 15) is 4.79 Å². The summed E-state index contributed by atoms with van der Waals surface area (Å²) >= 11 is 1.72. The molecule has 0 radical (unpaired) electrons. The Morgan fingerprint density at radius 2 is 2.47 bits per heavy atom. The molecule has 1 aliphatic carbocycles. The first-order valence-electron chi connectivity index (χ1n) is 5.14. The van der Waals surface area contributed by atoms with Crippen LogP contribution in [-0.4, -0.2) is 29.1 Å². The lowest BCUT2D eigenvalue weighted by molar-refractivity contribution is -0.148. The number of nitrogens with zero attached hydrogens (tertiary/aromatic N) is 1. The number of thiophene rings is 1. The minimum Gasteiger partial charge on any atom is -0.481 e. The minimum atomic E-state index is -0.649. The molecular weight excluding hydrogens is 210 g/mol. The number of carbonyl (C=O) groups is 1. The van der Waals surface area contributed by atoms with Crippen LogP contribution < -0.4 is 0 Å². The minimum absolute atomic E-state index is 0.157. The molecule has 0 saturated heterocycles. The van der Waals surface area contributed by atoms with E-state index >= 15 is 0 Å². The highest BCUT2D eigenvalue weighted by atomic mass is 32.1. The molecule has 4 heteroatoms. The van der Waals surface area contributed by atoms with Gasteiger partial charge in [-0.2, -0.15) is 0 Å². The number of carboxylic acids is 1. The third-order valence-electron chi connectivity index (χ3n) is 3.11. The number of aliphatic carboxylic acids is 1. The Morgan fingerprint density at radius 3 is 2.93 bits per heavy atom. The smallest absolute Gasteiger partial charge is 0.308 e. The van der Waals surface area contributed by atoms with Crippen molar-refractivity contribution in [3.63, 3.8) is 0 Å². The van der Waals surface area contributed by atoms with Crippen molar-refractivity contribution in [1.29, 1.82) is 0 Å². The van der Waals surface area contributed by atoms with Gasteiger partial charge in [-0.1, -0.05) is 6.07 Å². The van der Waals surface area contributed by atoms with Crippen molar-refractivity contribution in [1.82, 2.24) is 4.90 Å². The maximum Gasteiger partial charge on any atom is 0.308 e. The van der Waals surface area contributed by atoms with Gasteiger partial charge in [0.25, 0.3) is 0 Å². The Balaban J connectivity index is 1.91. The Morgan fingerprint density at radius 1 is 1.67 bits per heavy atom. The Kier molecular flexibility index (Phi) is 3.07. The summed E-state index contributed by atoms with van der Waals surface area (Å²) in [5.74, 6) is -0.806. The van der Waals surface area contributed by atoms with Crippen molar-refractivity contribution < 1.29 is 9.90 Å². The quantitative estimate of drug-likeness (QED) is 0.852. The fourth-order valence-corrected chi connectivity index (χ4v) is 2.83. The number of hydrogen-bond donors (Lipinski definition) is 1. The predicted octanol–water partition coefficient (Wildman–Crippen LogP) is 2.04. The van der Waals surface area contributed by atoms with Crippen molar-refractivity contribution in [2.75, 3.05) is 7.05 Å². The highest BCUT2D eigenvalue weighted by Gasteiger charge is 2.38. The molecular formula is C11H15NO2S. The lowest BCUT2D eigenvalue weighted by atomic mass is 9.79. The lowest BCUT2D eigenvalue weighted by Gasteiger charge is -2.40. The molecule has 82 valence electrons. The topological polar surface area (TPSA) is 40.5 Å². The van der Waals surface area contributed by atoms with E-state index in [1.165, 1.54) is 4.88 Å². The van der Waals surface area contributed by atoms with E-state index < -0.39 is 5.97 Å². The Bertz CT molecular complexity index is 336. The van der Waals surface area contributed by atoms with Crippen LogP contribution in [0.5, 0.6) is 0 Å².